The normalized spacial score (nSPS) is 10.2. The van der Waals surface area contributed by atoms with E-state index in [1.165, 1.54) is 6.07 Å². The molecule has 1 aromatic rings. The summed E-state index contributed by atoms with van der Waals surface area (Å²) in [7, 11) is 0. The minimum absolute atomic E-state index is 0.423. The molecule has 0 saturated carbocycles. The largest absolute Gasteiger partial charge is 0.207 e. The van der Waals surface area contributed by atoms with Crippen LogP contribution in [-0.4, -0.2) is 0 Å². The van der Waals surface area contributed by atoms with Crippen molar-refractivity contribution in [1.29, 1.82) is 0 Å². The van der Waals surface area contributed by atoms with Gasteiger partial charge >= 0.3 is 0 Å². The van der Waals surface area contributed by atoms with E-state index in [0.29, 0.717) is 16.5 Å². The molecule has 0 atom stereocenters. The maximum absolute atomic E-state index is 13.2. The Morgan fingerprint density at radius 3 is 2.54 bits per heavy atom. The summed E-state index contributed by atoms with van der Waals surface area (Å²) in [5, 5.41) is 0. The average molecular weight is 247 g/mol. The monoisotopic (exact) mass is 246 g/mol. The van der Waals surface area contributed by atoms with Crippen LogP contribution in [0.5, 0.6) is 0 Å². The molecule has 0 aliphatic heterocycles. The SMILES string of the molecule is C=C(C)Cc1c(F)cc(F)cc1Br. The molecule has 0 bridgehead atoms. The van der Waals surface area contributed by atoms with Gasteiger partial charge in [0.1, 0.15) is 11.6 Å². The molecule has 0 nitrogen and oxygen atoms in total. The van der Waals surface area contributed by atoms with Crippen LogP contribution in [0.3, 0.4) is 0 Å². The first-order valence-electron chi connectivity index (χ1n) is 3.78. The lowest BCUT2D eigenvalue weighted by atomic mass is 10.1. The van der Waals surface area contributed by atoms with Gasteiger partial charge in [-0.3, -0.25) is 0 Å². The molecule has 0 fully saturated rings. The van der Waals surface area contributed by atoms with Gasteiger partial charge in [-0.05, 0) is 19.4 Å². The van der Waals surface area contributed by atoms with E-state index in [2.05, 4.69) is 22.5 Å². The van der Waals surface area contributed by atoms with Crippen LogP contribution < -0.4 is 0 Å². The molecule has 0 aromatic heterocycles. The summed E-state index contributed by atoms with van der Waals surface area (Å²) in [5.74, 6) is -1.11. The zero-order valence-electron chi connectivity index (χ0n) is 7.20. The number of halogens is 3. The summed E-state index contributed by atoms with van der Waals surface area (Å²) >= 11 is 3.11. The van der Waals surface area contributed by atoms with Gasteiger partial charge < -0.3 is 0 Å². The second-order valence-electron chi connectivity index (χ2n) is 2.98. The number of hydrogen-bond acceptors (Lipinski definition) is 0. The summed E-state index contributed by atoms with van der Waals surface area (Å²) < 4.78 is 26.3. The van der Waals surface area contributed by atoms with Gasteiger partial charge in [0.25, 0.3) is 0 Å². The van der Waals surface area contributed by atoms with Crippen LogP contribution in [0.4, 0.5) is 8.78 Å². The number of allylic oxidation sites excluding steroid dienone is 1. The molecule has 0 heterocycles. The molecule has 1 aromatic carbocycles. The highest BCUT2D eigenvalue weighted by molar-refractivity contribution is 9.10. The predicted octanol–water partition coefficient (Wildman–Crippen LogP) is 3.85. The first-order chi connectivity index (χ1) is 6.00. The van der Waals surface area contributed by atoms with Gasteiger partial charge in [0, 0.05) is 16.1 Å². The summed E-state index contributed by atoms with van der Waals surface area (Å²) in [6, 6.07) is 2.13. The fourth-order valence-electron chi connectivity index (χ4n) is 1.04. The van der Waals surface area contributed by atoms with Gasteiger partial charge in [-0.25, -0.2) is 8.78 Å². The van der Waals surface area contributed by atoms with E-state index in [1.54, 1.807) is 6.92 Å². The molecule has 0 amide bonds. The highest BCUT2D eigenvalue weighted by Crippen LogP contribution is 2.23. The zero-order chi connectivity index (χ0) is 10.0. The first-order valence-corrected chi connectivity index (χ1v) is 4.58. The molecular weight excluding hydrogens is 238 g/mol. The van der Waals surface area contributed by atoms with E-state index >= 15 is 0 Å². The standard InChI is InChI=1S/C10H9BrF2/c1-6(2)3-8-9(11)4-7(12)5-10(8)13/h4-5H,1,3H2,2H3. The van der Waals surface area contributed by atoms with Crippen molar-refractivity contribution in [2.75, 3.05) is 0 Å². The van der Waals surface area contributed by atoms with Gasteiger partial charge in [0.15, 0.2) is 0 Å². The summed E-state index contributed by atoms with van der Waals surface area (Å²) in [5.41, 5.74) is 1.29. The van der Waals surface area contributed by atoms with E-state index in [9.17, 15) is 8.78 Å². The van der Waals surface area contributed by atoms with Gasteiger partial charge in [0.2, 0.25) is 0 Å². The van der Waals surface area contributed by atoms with Gasteiger partial charge in [-0.1, -0.05) is 28.1 Å². The molecule has 0 unspecified atom stereocenters. The average Bonchev–Trinajstić information content (AvgIpc) is 1.96. The van der Waals surface area contributed by atoms with Crippen molar-refractivity contribution in [2.24, 2.45) is 0 Å². The highest BCUT2D eigenvalue weighted by Gasteiger charge is 2.08. The number of rotatable bonds is 2. The predicted molar refractivity (Wildman–Crippen MR) is 52.6 cm³/mol. The molecule has 1 rings (SSSR count). The van der Waals surface area contributed by atoms with Crippen LogP contribution in [-0.2, 0) is 6.42 Å². The van der Waals surface area contributed by atoms with Crippen molar-refractivity contribution in [3.63, 3.8) is 0 Å². The maximum atomic E-state index is 13.2. The maximum Gasteiger partial charge on any atom is 0.130 e. The quantitative estimate of drug-likeness (QED) is 0.696. The summed E-state index contributed by atoms with van der Waals surface area (Å²) in [6.07, 6.45) is 0.423. The molecule has 0 aliphatic rings. The molecule has 0 radical (unpaired) electrons. The third-order valence-corrected chi connectivity index (χ3v) is 2.29. The zero-order valence-corrected chi connectivity index (χ0v) is 8.79. The third-order valence-electron chi connectivity index (χ3n) is 1.58. The Hall–Kier alpha value is -0.700. The van der Waals surface area contributed by atoms with E-state index in [1.807, 2.05) is 0 Å². The topological polar surface area (TPSA) is 0 Å². The Balaban J connectivity index is 3.13. The molecular formula is C10H9BrF2. The minimum Gasteiger partial charge on any atom is -0.207 e. The number of benzene rings is 1. The Bertz CT molecular complexity index is 322. The van der Waals surface area contributed by atoms with Crippen molar-refractivity contribution < 1.29 is 8.78 Å². The first kappa shape index (κ1) is 10.4. The van der Waals surface area contributed by atoms with Crippen LogP contribution in [0.25, 0.3) is 0 Å². The molecule has 0 aliphatic carbocycles. The molecule has 0 N–H and O–H groups in total. The molecule has 0 saturated heterocycles. The highest BCUT2D eigenvalue weighted by atomic mass is 79.9. The van der Waals surface area contributed by atoms with E-state index < -0.39 is 11.6 Å². The van der Waals surface area contributed by atoms with Crippen molar-refractivity contribution in [2.45, 2.75) is 13.3 Å². The van der Waals surface area contributed by atoms with Gasteiger partial charge in [-0.2, -0.15) is 0 Å². The lowest BCUT2D eigenvalue weighted by Crippen LogP contribution is -1.94. The molecule has 13 heavy (non-hydrogen) atoms. The van der Waals surface area contributed by atoms with Crippen molar-refractivity contribution >= 4 is 15.9 Å². The van der Waals surface area contributed by atoms with E-state index in [0.717, 1.165) is 11.6 Å². The Morgan fingerprint density at radius 2 is 2.08 bits per heavy atom. The van der Waals surface area contributed by atoms with Crippen molar-refractivity contribution in [3.8, 4) is 0 Å². The third kappa shape index (κ3) is 2.62. The summed E-state index contributed by atoms with van der Waals surface area (Å²) in [6.45, 7) is 5.47. The fourth-order valence-corrected chi connectivity index (χ4v) is 1.59. The lowest BCUT2D eigenvalue weighted by molar-refractivity contribution is 0.572. The van der Waals surface area contributed by atoms with Crippen LogP contribution in [0.2, 0.25) is 0 Å². The smallest absolute Gasteiger partial charge is 0.130 e. The number of hydrogen-bond donors (Lipinski definition) is 0. The van der Waals surface area contributed by atoms with Crippen LogP contribution in [0.1, 0.15) is 12.5 Å². The van der Waals surface area contributed by atoms with Crippen LogP contribution in [0, 0.1) is 11.6 Å². The van der Waals surface area contributed by atoms with Crippen molar-refractivity contribution in [3.05, 3.63) is 46.0 Å². The fraction of sp³-hybridized carbons (Fsp3) is 0.200. The van der Waals surface area contributed by atoms with E-state index in [-0.39, 0.29) is 0 Å². The Morgan fingerprint density at radius 1 is 1.46 bits per heavy atom. The second kappa shape index (κ2) is 4.01. The van der Waals surface area contributed by atoms with Crippen LogP contribution in [0.15, 0.2) is 28.8 Å². The van der Waals surface area contributed by atoms with Crippen molar-refractivity contribution in [1.82, 2.24) is 0 Å². The second-order valence-corrected chi connectivity index (χ2v) is 3.84. The van der Waals surface area contributed by atoms with Gasteiger partial charge in [-0.15, -0.1) is 0 Å². The minimum atomic E-state index is -0.574. The van der Waals surface area contributed by atoms with Crippen LogP contribution >= 0.6 is 15.9 Å². The molecule has 3 heteroatoms. The Labute approximate surface area is 84.4 Å². The summed E-state index contributed by atoms with van der Waals surface area (Å²) in [4.78, 5) is 0. The molecule has 0 spiro atoms. The Kier molecular flexibility index (Phi) is 3.20. The van der Waals surface area contributed by atoms with Gasteiger partial charge in [0.05, 0.1) is 0 Å². The molecule has 70 valence electrons. The van der Waals surface area contributed by atoms with E-state index in [4.69, 9.17) is 0 Å². The lowest BCUT2D eigenvalue weighted by Gasteiger charge is -2.05.